The van der Waals surface area contributed by atoms with Gasteiger partial charge in [-0.3, -0.25) is 0 Å². The van der Waals surface area contributed by atoms with Crippen molar-refractivity contribution < 1.29 is 4.74 Å². The van der Waals surface area contributed by atoms with Crippen molar-refractivity contribution in [3.8, 4) is 0 Å². The molecule has 1 fully saturated rings. The summed E-state index contributed by atoms with van der Waals surface area (Å²) in [5.74, 6) is 1.46. The second-order valence-corrected chi connectivity index (χ2v) is 4.90. The van der Waals surface area contributed by atoms with Gasteiger partial charge in [0.2, 0.25) is 0 Å². The third-order valence-electron chi connectivity index (χ3n) is 2.93. The van der Waals surface area contributed by atoms with E-state index < -0.39 is 0 Å². The minimum absolute atomic E-state index is 0.148. The highest BCUT2D eigenvalue weighted by Gasteiger charge is 2.30. The van der Waals surface area contributed by atoms with Crippen LogP contribution in [0.4, 0.5) is 0 Å². The van der Waals surface area contributed by atoms with Gasteiger partial charge in [0, 0.05) is 24.6 Å². The van der Waals surface area contributed by atoms with Crippen molar-refractivity contribution in [2.45, 2.75) is 38.6 Å². The van der Waals surface area contributed by atoms with Gasteiger partial charge >= 0.3 is 0 Å². The lowest BCUT2D eigenvalue weighted by Crippen LogP contribution is -2.51. The smallest absolute Gasteiger partial charge is 0.0484 e. The molecule has 0 aromatic rings. The molecule has 0 atom stereocenters. The van der Waals surface area contributed by atoms with E-state index in [4.69, 9.17) is 16.3 Å². The number of rotatable bonds is 5. The van der Waals surface area contributed by atoms with Crippen LogP contribution in [-0.2, 0) is 4.74 Å². The van der Waals surface area contributed by atoms with Gasteiger partial charge in [0.25, 0.3) is 0 Å². The molecule has 0 aliphatic carbocycles. The molecule has 84 valence electrons. The zero-order valence-corrected chi connectivity index (χ0v) is 10.1. The molecule has 1 rings (SSSR count). The van der Waals surface area contributed by atoms with Gasteiger partial charge in [-0.25, -0.2) is 0 Å². The van der Waals surface area contributed by atoms with Crippen LogP contribution in [0, 0.1) is 5.92 Å². The molecule has 3 heteroatoms. The van der Waals surface area contributed by atoms with Crippen molar-refractivity contribution >= 4 is 11.6 Å². The Morgan fingerprint density at radius 3 is 2.50 bits per heavy atom. The quantitative estimate of drug-likeness (QED) is 0.718. The van der Waals surface area contributed by atoms with Gasteiger partial charge < -0.3 is 10.1 Å². The molecule has 1 saturated heterocycles. The van der Waals surface area contributed by atoms with Gasteiger partial charge in [0.15, 0.2) is 0 Å². The summed E-state index contributed by atoms with van der Waals surface area (Å²) in [5.41, 5.74) is 0.148. The van der Waals surface area contributed by atoms with Gasteiger partial charge in [0.1, 0.15) is 0 Å². The first-order valence-electron chi connectivity index (χ1n) is 5.57. The molecule has 0 spiro atoms. The summed E-state index contributed by atoms with van der Waals surface area (Å²) in [7, 11) is 0. The summed E-state index contributed by atoms with van der Waals surface area (Å²) in [6.45, 7) is 7.27. The molecular weight excluding hydrogens is 198 g/mol. The van der Waals surface area contributed by atoms with Gasteiger partial charge in [-0.05, 0) is 31.7 Å². The van der Waals surface area contributed by atoms with Gasteiger partial charge in [-0.15, -0.1) is 11.6 Å². The summed E-state index contributed by atoms with van der Waals surface area (Å²) in [6.07, 6.45) is 3.32. The fraction of sp³-hybridized carbons (Fsp3) is 1.00. The molecule has 0 unspecified atom stereocenters. The third kappa shape index (κ3) is 3.76. The molecule has 1 aliphatic rings. The summed E-state index contributed by atoms with van der Waals surface area (Å²) in [4.78, 5) is 0. The topological polar surface area (TPSA) is 21.3 Å². The van der Waals surface area contributed by atoms with Crippen LogP contribution in [-0.4, -0.2) is 31.2 Å². The normalized spacial score (nSPS) is 21.4. The van der Waals surface area contributed by atoms with Gasteiger partial charge in [0.05, 0.1) is 0 Å². The number of nitrogens with one attached hydrogen (secondary N) is 1. The lowest BCUT2D eigenvalue weighted by molar-refractivity contribution is 0.0463. The van der Waals surface area contributed by atoms with Gasteiger partial charge in [-0.2, -0.15) is 0 Å². The molecule has 1 N–H and O–H groups in total. The van der Waals surface area contributed by atoms with Crippen molar-refractivity contribution in [2.75, 3.05) is 25.6 Å². The fourth-order valence-corrected chi connectivity index (χ4v) is 2.11. The second-order valence-electron chi connectivity index (χ2n) is 4.64. The highest BCUT2D eigenvalue weighted by atomic mass is 35.5. The second kappa shape index (κ2) is 5.94. The maximum Gasteiger partial charge on any atom is 0.0484 e. The maximum absolute atomic E-state index is 6.03. The standard InChI is InChI=1S/C11H22ClNO/c1-10(2)3-6-13-11(9-12)4-7-14-8-5-11/h10,13H,3-9H2,1-2H3. The number of alkyl halides is 1. The summed E-state index contributed by atoms with van der Waals surface area (Å²) >= 11 is 6.03. The molecule has 1 aliphatic heterocycles. The minimum atomic E-state index is 0.148. The van der Waals surface area contributed by atoms with Crippen molar-refractivity contribution in [1.82, 2.24) is 5.32 Å². The first-order chi connectivity index (χ1) is 6.68. The van der Waals surface area contributed by atoms with Gasteiger partial charge in [-0.1, -0.05) is 13.8 Å². The molecule has 0 aromatic carbocycles. The minimum Gasteiger partial charge on any atom is -0.381 e. The highest BCUT2D eigenvalue weighted by molar-refractivity contribution is 6.18. The molecular formula is C11H22ClNO. The predicted molar refractivity (Wildman–Crippen MR) is 61.0 cm³/mol. The first-order valence-corrected chi connectivity index (χ1v) is 6.11. The van der Waals surface area contributed by atoms with E-state index in [1.165, 1.54) is 6.42 Å². The van der Waals surface area contributed by atoms with Crippen LogP contribution >= 0.6 is 11.6 Å². The number of ether oxygens (including phenoxy) is 1. The summed E-state index contributed by atoms with van der Waals surface area (Å²) < 4.78 is 5.36. The van der Waals surface area contributed by atoms with E-state index in [2.05, 4.69) is 19.2 Å². The van der Waals surface area contributed by atoms with Crippen molar-refractivity contribution in [3.05, 3.63) is 0 Å². The molecule has 14 heavy (non-hydrogen) atoms. The Labute approximate surface area is 92.3 Å². The third-order valence-corrected chi connectivity index (χ3v) is 3.44. The highest BCUT2D eigenvalue weighted by Crippen LogP contribution is 2.22. The number of hydrogen-bond acceptors (Lipinski definition) is 2. The lowest BCUT2D eigenvalue weighted by Gasteiger charge is -2.36. The van der Waals surface area contributed by atoms with E-state index in [1.54, 1.807) is 0 Å². The molecule has 0 aromatic heterocycles. The molecule has 0 amide bonds. The maximum atomic E-state index is 6.03. The molecule has 0 bridgehead atoms. The lowest BCUT2D eigenvalue weighted by atomic mass is 9.92. The molecule has 1 heterocycles. The molecule has 0 radical (unpaired) electrons. The Balaban J connectivity index is 2.29. The Kier molecular flexibility index (Phi) is 5.21. The van der Waals surface area contributed by atoms with Crippen molar-refractivity contribution in [1.29, 1.82) is 0 Å². The van der Waals surface area contributed by atoms with Crippen LogP contribution in [0.5, 0.6) is 0 Å². The average molecular weight is 220 g/mol. The van der Waals surface area contributed by atoms with Crippen LogP contribution in [0.1, 0.15) is 33.1 Å². The largest absolute Gasteiger partial charge is 0.381 e. The average Bonchev–Trinajstić information content (AvgIpc) is 2.19. The monoisotopic (exact) mass is 219 g/mol. The summed E-state index contributed by atoms with van der Waals surface area (Å²) in [6, 6.07) is 0. The van der Waals surface area contributed by atoms with Crippen LogP contribution in [0.25, 0.3) is 0 Å². The van der Waals surface area contributed by atoms with E-state index in [0.717, 1.165) is 38.5 Å². The predicted octanol–water partition coefficient (Wildman–Crippen LogP) is 2.41. The molecule has 0 saturated carbocycles. The zero-order chi connectivity index (χ0) is 10.4. The first kappa shape index (κ1) is 12.3. The van der Waals surface area contributed by atoms with E-state index in [1.807, 2.05) is 0 Å². The zero-order valence-electron chi connectivity index (χ0n) is 9.31. The van der Waals surface area contributed by atoms with E-state index in [0.29, 0.717) is 5.88 Å². The van der Waals surface area contributed by atoms with Crippen LogP contribution in [0.2, 0.25) is 0 Å². The van der Waals surface area contributed by atoms with E-state index in [-0.39, 0.29) is 5.54 Å². The number of hydrogen-bond donors (Lipinski definition) is 1. The Hall–Kier alpha value is 0.210. The fourth-order valence-electron chi connectivity index (χ4n) is 1.75. The van der Waals surface area contributed by atoms with Crippen LogP contribution < -0.4 is 5.32 Å². The van der Waals surface area contributed by atoms with E-state index in [9.17, 15) is 0 Å². The Morgan fingerprint density at radius 1 is 1.36 bits per heavy atom. The van der Waals surface area contributed by atoms with E-state index >= 15 is 0 Å². The SMILES string of the molecule is CC(C)CCNC1(CCl)CCOCC1. The molecule has 2 nitrogen and oxygen atoms in total. The number of halogens is 1. The summed E-state index contributed by atoms with van der Waals surface area (Å²) in [5, 5.41) is 3.60. The van der Waals surface area contributed by atoms with Crippen molar-refractivity contribution in [2.24, 2.45) is 5.92 Å². The van der Waals surface area contributed by atoms with Crippen LogP contribution in [0.3, 0.4) is 0 Å². The Bertz CT molecular complexity index is 155. The van der Waals surface area contributed by atoms with Crippen molar-refractivity contribution in [3.63, 3.8) is 0 Å². The van der Waals surface area contributed by atoms with Crippen LogP contribution in [0.15, 0.2) is 0 Å². The Morgan fingerprint density at radius 2 is 2.00 bits per heavy atom.